The molecule has 2 atom stereocenters. The zero-order valence-electron chi connectivity index (χ0n) is 14.2. The number of furan rings is 1. The van der Waals surface area contributed by atoms with Gasteiger partial charge in [-0.3, -0.25) is 0 Å². The van der Waals surface area contributed by atoms with Gasteiger partial charge in [-0.15, -0.1) is 0 Å². The third-order valence-corrected chi connectivity index (χ3v) is 3.55. The molecule has 0 radical (unpaired) electrons. The number of hydrogen-bond acceptors (Lipinski definition) is 5. The van der Waals surface area contributed by atoms with Gasteiger partial charge < -0.3 is 24.5 Å². The molecule has 0 aliphatic rings. The number of aliphatic hydroxyl groups excluding tert-OH is 1. The van der Waals surface area contributed by atoms with Crippen LogP contribution in [0.1, 0.15) is 24.3 Å². The Hall–Kier alpha value is -1.98. The SMILES string of the molecule is Cc1ccoc1C(C)Nc1ccc(OCC(O)CN(C)C)cc1. The van der Waals surface area contributed by atoms with Crippen molar-refractivity contribution in [1.82, 2.24) is 4.90 Å². The second-order valence-corrected chi connectivity index (χ2v) is 6.09. The molecule has 2 aromatic rings. The van der Waals surface area contributed by atoms with Crippen LogP contribution in [0.15, 0.2) is 41.0 Å². The Morgan fingerprint density at radius 3 is 2.48 bits per heavy atom. The highest BCUT2D eigenvalue weighted by Crippen LogP contribution is 2.24. The van der Waals surface area contributed by atoms with Crippen LogP contribution in [0.3, 0.4) is 0 Å². The normalized spacial score (nSPS) is 13.8. The van der Waals surface area contributed by atoms with Gasteiger partial charge in [0.25, 0.3) is 0 Å². The van der Waals surface area contributed by atoms with Crippen molar-refractivity contribution < 1.29 is 14.3 Å². The Morgan fingerprint density at radius 1 is 1.22 bits per heavy atom. The third kappa shape index (κ3) is 5.30. The lowest BCUT2D eigenvalue weighted by Crippen LogP contribution is -2.30. The summed E-state index contributed by atoms with van der Waals surface area (Å²) in [6.07, 6.45) is 1.21. The molecule has 23 heavy (non-hydrogen) atoms. The highest BCUT2D eigenvalue weighted by Gasteiger charge is 2.11. The third-order valence-electron chi connectivity index (χ3n) is 3.55. The van der Waals surface area contributed by atoms with E-state index in [-0.39, 0.29) is 12.6 Å². The molecule has 0 fully saturated rings. The zero-order valence-corrected chi connectivity index (χ0v) is 14.2. The maximum atomic E-state index is 9.80. The molecule has 0 aliphatic carbocycles. The summed E-state index contributed by atoms with van der Waals surface area (Å²) in [6, 6.07) is 9.77. The average molecular weight is 318 g/mol. The lowest BCUT2D eigenvalue weighted by atomic mass is 10.1. The molecular formula is C18H26N2O3. The molecule has 0 amide bonds. The minimum atomic E-state index is -0.496. The van der Waals surface area contributed by atoms with Crippen molar-refractivity contribution in [2.45, 2.75) is 26.0 Å². The van der Waals surface area contributed by atoms with Crippen LogP contribution < -0.4 is 10.1 Å². The van der Waals surface area contributed by atoms with Crippen LogP contribution in [0.5, 0.6) is 5.75 Å². The Labute approximate surface area is 137 Å². The molecule has 0 aliphatic heterocycles. The van der Waals surface area contributed by atoms with Crippen LogP contribution in [0.4, 0.5) is 5.69 Å². The van der Waals surface area contributed by atoms with Crippen molar-refractivity contribution in [3.05, 3.63) is 47.9 Å². The van der Waals surface area contributed by atoms with E-state index in [0.29, 0.717) is 6.54 Å². The maximum Gasteiger partial charge on any atom is 0.128 e. The number of likely N-dealkylation sites (N-methyl/N-ethyl adjacent to an activating group) is 1. The number of ether oxygens (including phenoxy) is 1. The van der Waals surface area contributed by atoms with Crippen molar-refractivity contribution in [2.75, 3.05) is 32.6 Å². The molecule has 1 heterocycles. The predicted molar refractivity (Wildman–Crippen MR) is 92.0 cm³/mol. The smallest absolute Gasteiger partial charge is 0.128 e. The van der Waals surface area contributed by atoms with Crippen LogP contribution in [-0.4, -0.2) is 43.4 Å². The van der Waals surface area contributed by atoms with E-state index in [4.69, 9.17) is 9.15 Å². The predicted octanol–water partition coefficient (Wildman–Crippen LogP) is 3.06. The van der Waals surface area contributed by atoms with E-state index in [1.165, 1.54) is 0 Å². The van der Waals surface area contributed by atoms with Crippen LogP contribution in [0.2, 0.25) is 0 Å². The van der Waals surface area contributed by atoms with Gasteiger partial charge in [0.15, 0.2) is 0 Å². The minimum Gasteiger partial charge on any atom is -0.491 e. The van der Waals surface area contributed by atoms with Gasteiger partial charge in [0.1, 0.15) is 24.2 Å². The van der Waals surface area contributed by atoms with Crippen LogP contribution in [0, 0.1) is 6.92 Å². The van der Waals surface area contributed by atoms with Gasteiger partial charge in [-0.1, -0.05) is 0 Å². The van der Waals surface area contributed by atoms with Gasteiger partial charge in [-0.2, -0.15) is 0 Å². The summed E-state index contributed by atoms with van der Waals surface area (Å²) < 4.78 is 11.1. The molecule has 5 heteroatoms. The Bertz CT molecular complexity index is 593. The fraction of sp³-hybridized carbons (Fsp3) is 0.444. The highest BCUT2D eigenvalue weighted by atomic mass is 16.5. The number of benzene rings is 1. The van der Waals surface area contributed by atoms with E-state index in [1.54, 1.807) is 6.26 Å². The number of rotatable bonds is 8. The van der Waals surface area contributed by atoms with Crippen molar-refractivity contribution >= 4 is 5.69 Å². The second-order valence-electron chi connectivity index (χ2n) is 6.09. The quantitative estimate of drug-likeness (QED) is 0.783. The topological polar surface area (TPSA) is 57.9 Å². The monoisotopic (exact) mass is 318 g/mol. The summed E-state index contributed by atoms with van der Waals surface area (Å²) in [7, 11) is 3.84. The summed E-state index contributed by atoms with van der Waals surface area (Å²) >= 11 is 0. The Balaban J connectivity index is 1.86. The van der Waals surface area contributed by atoms with E-state index in [0.717, 1.165) is 22.8 Å². The standard InChI is InChI=1S/C18H26N2O3/c1-13-9-10-22-18(13)14(2)19-15-5-7-17(8-6-15)23-12-16(21)11-20(3)4/h5-10,14,16,19,21H,11-12H2,1-4H3. The van der Waals surface area contributed by atoms with E-state index < -0.39 is 6.10 Å². The lowest BCUT2D eigenvalue weighted by Gasteiger charge is -2.17. The van der Waals surface area contributed by atoms with E-state index >= 15 is 0 Å². The highest BCUT2D eigenvalue weighted by molar-refractivity contribution is 5.48. The molecular weight excluding hydrogens is 292 g/mol. The fourth-order valence-corrected chi connectivity index (χ4v) is 2.46. The first-order valence-electron chi connectivity index (χ1n) is 7.82. The second kappa shape index (κ2) is 8.04. The number of nitrogens with zero attached hydrogens (tertiary/aromatic N) is 1. The summed E-state index contributed by atoms with van der Waals surface area (Å²) in [4.78, 5) is 1.93. The largest absolute Gasteiger partial charge is 0.491 e. The number of aliphatic hydroxyl groups is 1. The summed E-state index contributed by atoms with van der Waals surface area (Å²) in [6.45, 7) is 4.97. The molecule has 1 aromatic carbocycles. The molecule has 0 saturated carbocycles. The van der Waals surface area contributed by atoms with Gasteiger partial charge in [-0.05, 0) is 63.8 Å². The lowest BCUT2D eigenvalue weighted by molar-refractivity contribution is 0.0831. The molecule has 1 aromatic heterocycles. The summed E-state index contributed by atoms with van der Waals surface area (Å²) in [5.74, 6) is 1.69. The summed E-state index contributed by atoms with van der Waals surface area (Å²) in [5.41, 5.74) is 2.13. The molecule has 0 spiro atoms. The Kier molecular flexibility index (Phi) is 6.07. The fourth-order valence-electron chi connectivity index (χ4n) is 2.46. The first-order chi connectivity index (χ1) is 11.0. The van der Waals surface area contributed by atoms with Gasteiger partial charge in [0.2, 0.25) is 0 Å². The molecule has 2 rings (SSSR count). The van der Waals surface area contributed by atoms with Crippen LogP contribution in [0.25, 0.3) is 0 Å². The summed E-state index contributed by atoms with van der Waals surface area (Å²) in [5, 5.41) is 13.2. The number of anilines is 1. The van der Waals surface area contributed by atoms with Gasteiger partial charge >= 0.3 is 0 Å². The van der Waals surface area contributed by atoms with Crippen LogP contribution in [-0.2, 0) is 0 Å². The van der Waals surface area contributed by atoms with Crippen LogP contribution >= 0.6 is 0 Å². The molecule has 0 saturated heterocycles. The zero-order chi connectivity index (χ0) is 16.8. The van der Waals surface area contributed by atoms with E-state index in [2.05, 4.69) is 12.2 Å². The first kappa shape index (κ1) is 17.4. The van der Waals surface area contributed by atoms with Gasteiger partial charge in [0, 0.05) is 12.2 Å². The van der Waals surface area contributed by atoms with E-state index in [9.17, 15) is 5.11 Å². The van der Waals surface area contributed by atoms with Crippen molar-refractivity contribution in [1.29, 1.82) is 0 Å². The number of hydrogen-bond donors (Lipinski definition) is 2. The number of nitrogens with one attached hydrogen (secondary N) is 1. The molecule has 2 unspecified atom stereocenters. The number of aryl methyl sites for hydroxylation is 1. The molecule has 0 bridgehead atoms. The first-order valence-corrected chi connectivity index (χ1v) is 7.82. The van der Waals surface area contributed by atoms with Gasteiger partial charge in [-0.25, -0.2) is 0 Å². The van der Waals surface area contributed by atoms with Crippen molar-refractivity contribution in [2.24, 2.45) is 0 Å². The average Bonchev–Trinajstić information content (AvgIpc) is 2.92. The molecule has 2 N–H and O–H groups in total. The maximum absolute atomic E-state index is 9.80. The Morgan fingerprint density at radius 2 is 1.91 bits per heavy atom. The van der Waals surface area contributed by atoms with Gasteiger partial charge in [0.05, 0.1) is 12.3 Å². The minimum absolute atomic E-state index is 0.0960. The molecule has 126 valence electrons. The van der Waals surface area contributed by atoms with E-state index in [1.807, 2.05) is 56.3 Å². The molecule has 5 nitrogen and oxygen atoms in total. The van der Waals surface area contributed by atoms with Crippen molar-refractivity contribution in [3.63, 3.8) is 0 Å². The van der Waals surface area contributed by atoms with Crippen molar-refractivity contribution in [3.8, 4) is 5.75 Å².